The third-order valence-electron chi connectivity index (χ3n) is 4.11. The summed E-state index contributed by atoms with van der Waals surface area (Å²) in [6.07, 6.45) is 0.879. The number of carbonyl (C=O) groups excluding carboxylic acids is 1. The second kappa shape index (κ2) is 9.14. The zero-order valence-electron chi connectivity index (χ0n) is 14.8. The first-order valence-corrected chi connectivity index (χ1v) is 9.14. The number of benzene rings is 2. The number of hydrogen-bond donors (Lipinski definition) is 1. The summed E-state index contributed by atoms with van der Waals surface area (Å²) in [7, 11) is 0. The lowest BCUT2D eigenvalue weighted by Gasteiger charge is -2.08. The van der Waals surface area contributed by atoms with Crippen LogP contribution in [0.3, 0.4) is 0 Å². The Balaban J connectivity index is 1.54. The number of nitrogens with zero attached hydrogens (tertiary/aromatic N) is 2. The van der Waals surface area contributed by atoms with Crippen LogP contribution >= 0.6 is 11.6 Å². The van der Waals surface area contributed by atoms with Crippen LogP contribution in [0.5, 0.6) is 0 Å². The molecule has 0 saturated heterocycles. The largest absolute Gasteiger partial charge is 0.352 e. The lowest BCUT2D eigenvalue weighted by molar-refractivity contribution is -0.121. The molecule has 0 aliphatic carbocycles. The van der Waals surface area contributed by atoms with Crippen molar-refractivity contribution in [3.63, 3.8) is 0 Å². The number of amides is 1. The molecule has 1 N–H and O–H groups in total. The summed E-state index contributed by atoms with van der Waals surface area (Å²) in [5.74, 6) is -0.0410. The summed E-state index contributed by atoms with van der Waals surface area (Å²) in [6, 6.07) is 20.2. The van der Waals surface area contributed by atoms with Crippen molar-refractivity contribution >= 4 is 17.5 Å². The number of hydrogen-bond acceptors (Lipinski definition) is 3. The van der Waals surface area contributed by atoms with Gasteiger partial charge in [-0.05, 0) is 30.2 Å². The molecular weight excluding hydrogens is 362 g/mol. The Morgan fingerprint density at radius 3 is 2.48 bits per heavy atom. The van der Waals surface area contributed by atoms with Gasteiger partial charge in [0.25, 0.3) is 5.56 Å². The van der Waals surface area contributed by atoms with Gasteiger partial charge in [-0.1, -0.05) is 54.1 Å². The summed E-state index contributed by atoms with van der Waals surface area (Å²) in [6.45, 7) is 0.892. The number of rotatable bonds is 7. The highest BCUT2D eigenvalue weighted by Gasteiger charge is 2.06. The maximum Gasteiger partial charge on any atom is 0.266 e. The van der Waals surface area contributed by atoms with E-state index in [1.807, 2.05) is 42.5 Å². The number of aromatic nitrogens is 2. The van der Waals surface area contributed by atoms with E-state index >= 15 is 0 Å². The lowest BCUT2D eigenvalue weighted by atomic mass is 10.1. The van der Waals surface area contributed by atoms with E-state index in [4.69, 9.17) is 11.6 Å². The summed E-state index contributed by atoms with van der Waals surface area (Å²) in [4.78, 5) is 24.0. The van der Waals surface area contributed by atoms with E-state index in [1.54, 1.807) is 18.2 Å². The Hall–Kier alpha value is -2.92. The zero-order chi connectivity index (χ0) is 19.1. The molecule has 0 aliphatic rings. The van der Waals surface area contributed by atoms with E-state index in [-0.39, 0.29) is 11.5 Å². The second-order valence-electron chi connectivity index (χ2n) is 6.15. The van der Waals surface area contributed by atoms with Gasteiger partial charge in [0.05, 0.1) is 5.69 Å². The van der Waals surface area contributed by atoms with E-state index in [2.05, 4.69) is 10.4 Å². The molecule has 27 heavy (non-hydrogen) atoms. The van der Waals surface area contributed by atoms with Crippen molar-refractivity contribution in [2.24, 2.45) is 0 Å². The average Bonchev–Trinajstić information content (AvgIpc) is 2.69. The molecule has 1 amide bonds. The van der Waals surface area contributed by atoms with Crippen LogP contribution in [0.15, 0.2) is 71.5 Å². The summed E-state index contributed by atoms with van der Waals surface area (Å²) in [5.41, 5.74) is 2.45. The fourth-order valence-corrected chi connectivity index (χ4v) is 2.78. The van der Waals surface area contributed by atoms with E-state index in [1.165, 1.54) is 10.7 Å². The van der Waals surface area contributed by atoms with Gasteiger partial charge in [-0.3, -0.25) is 9.59 Å². The Kier molecular flexibility index (Phi) is 6.39. The minimum absolute atomic E-state index is 0.0410. The maximum atomic E-state index is 12.0. The van der Waals surface area contributed by atoms with Crippen molar-refractivity contribution in [2.75, 3.05) is 0 Å². The highest BCUT2D eigenvalue weighted by Crippen LogP contribution is 2.18. The van der Waals surface area contributed by atoms with Crippen LogP contribution in [0.2, 0.25) is 5.02 Å². The molecule has 0 bridgehead atoms. The minimum Gasteiger partial charge on any atom is -0.352 e. The van der Waals surface area contributed by atoms with Gasteiger partial charge in [-0.2, -0.15) is 5.10 Å². The first-order chi connectivity index (χ1) is 13.1. The van der Waals surface area contributed by atoms with Crippen molar-refractivity contribution in [3.8, 4) is 11.3 Å². The molecule has 3 aromatic rings. The Bertz CT molecular complexity index is 953. The summed E-state index contributed by atoms with van der Waals surface area (Å²) in [5, 5.41) is 7.92. The molecule has 0 aliphatic heterocycles. The Labute approximate surface area is 162 Å². The molecule has 3 rings (SSSR count). The van der Waals surface area contributed by atoms with Gasteiger partial charge in [0.15, 0.2) is 0 Å². The molecule has 1 heterocycles. The molecule has 0 radical (unpaired) electrons. The van der Waals surface area contributed by atoms with Crippen LogP contribution in [-0.4, -0.2) is 15.7 Å². The number of halogens is 1. The van der Waals surface area contributed by atoms with Gasteiger partial charge in [-0.15, -0.1) is 0 Å². The molecular formula is C21H20ClN3O2. The molecule has 0 fully saturated rings. The first-order valence-electron chi connectivity index (χ1n) is 8.76. The van der Waals surface area contributed by atoms with Crippen molar-refractivity contribution in [3.05, 3.63) is 87.7 Å². The number of aryl methyl sites for hydroxylation is 1. The van der Waals surface area contributed by atoms with Gasteiger partial charge in [0.2, 0.25) is 5.91 Å². The smallest absolute Gasteiger partial charge is 0.266 e. The Morgan fingerprint density at radius 2 is 1.74 bits per heavy atom. The molecule has 5 nitrogen and oxygen atoms in total. The summed E-state index contributed by atoms with van der Waals surface area (Å²) >= 11 is 5.91. The van der Waals surface area contributed by atoms with Crippen molar-refractivity contribution < 1.29 is 4.79 Å². The standard InChI is InChI=1S/C21H20ClN3O2/c22-18-10-8-17(9-11-18)19-12-13-21(27)25(24-19)14-4-7-20(26)23-15-16-5-2-1-3-6-16/h1-3,5-6,8-13H,4,7,14-15H2,(H,23,26). The second-order valence-corrected chi connectivity index (χ2v) is 6.59. The lowest BCUT2D eigenvalue weighted by Crippen LogP contribution is -2.25. The Morgan fingerprint density at radius 1 is 1.00 bits per heavy atom. The summed E-state index contributed by atoms with van der Waals surface area (Å²) < 4.78 is 1.40. The monoisotopic (exact) mass is 381 g/mol. The number of carbonyl (C=O) groups is 1. The fraction of sp³-hybridized carbons (Fsp3) is 0.190. The van der Waals surface area contributed by atoms with Crippen LogP contribution in [0.4, 0.5) is 0 Å². The van der Waals surface area contributed by atoms with Gasteiger partial charge in [0.1, 0.15) is 0 Å². The van der Waals surface area contributed by atoms with Gasteiger partial charge in [-0.25, -0.2) is 4.68 Å². The van der Waals surface area contributed by atoms with Crippen LogP contribution in [0, 0.1) is 0 Å². The third kappa shape index (κ3) is 5.53. The fourth-order valence-electron chi connectivity index (χ4n) is 2.66. The topological polar surface area (TPSA) is 64.0 Å². The maximum absolute atomic E-state index is 12.0. The average molecular weight is 382 g/mol. The predicted octanol–water partition coefficient (Wildman–Crippen LogP) is 3.66. The third-order valence-corrected chi connectivity index (χ3v) is 4.36. The highest BCUT2D eigenvalue weighted by atomic mass is 35.5. The van der Waals surface area contributed by atoms with Crippen LogP contribution < -0.4 is 10.9 Å². The van der Waals surface area contributed by atoms with Crippen molar-refractivity contribution in [1.82, 2.24) is 15.1 Å². The predicted molar refractivity (Wildman–Crippen MR) is 106 cm³/mol. The molecule has 138 valence electrons. The normalized spacial score (nSPS) is 10.6. The van der Waals surface area contributed by atoms with E-state index < -0.39 is 0 Å². The van der Waals surface area contributed by atoms with E-state index in [0.717, 1.165) is 11.1 Å². The van der Waals surface area contributed by atoms with Gasteiger partial charge >= 0.3 is 0 Å². The molecule has 2 aromatic carbocycles. The van der Waals surface area contributed by atoms with Crippen molar-refractivity contribution in [2.45, 2.75) is 25.9 Å². The minimum atomic E-state index is -0.183. The van der Waals surface area contributed by atoms with E-state index in [0.29, 0.717) is 36.6 Å². The molecule has 6 heteroatoms. The number of nitrogens with one attached hydrogen (secondary N) is 1. The zero-order valence-corrected chi connectivity index (χ0v) is 15.5. The van der Waals surface area contributed by atoms with Crippen molar-refractivity contribution in [1.29, 1.82) is 0 Å². The molecule has 0 saturated carbocycles. The van der Waals surface area contributed by atoms with Gasteiger partial charge in [0, 0.05) is 36.2 Å². The van der Waals surface area contributed by atoms with Crippen LogP contribution in [0.25, 0.3) is 11.3 Å². The quantitative estimate of drug-likeness (QED) is 0.679. The van der Waals surface area contributed by atoms with Gasteiger partial charge < -0.3 is 5.32 Å². The molecule has 0 unspecified atom stereocenters. The first kappa shape index (κ1) is 18.9. The molecule has 0 spiro atoms. The molecule has 1 aromatic heterocycles. The SMILES string of the molecule is O=C(CCCn1nc(-c2ccc(Cl)cc2)ccc1=O)NCc1ccccc1. The van der Waals surface area contributed by atoms with E-state index in [9.17, 15) is 9.59 Å². The molecule has 0 atom stereocenters. The highest BCUT2D eigenvalue weighted by molar-refractivity contribution is 6.30. The van der Waals surface area contributed by atoms with Crippen LogP contribution in [-0.2, 0) is 17.9 Å². The van der Waals surface area contributed by atoms with Crippen LogP contribution in [0.1, 0.15) is 18.4 Å².